The number of phenols is 2. The van der Waals surface area contributed by atoms with Crippen LogP contribution in [0.15, 0.2) is 40.9 Å². The molecule has 2 aromatic carbocycles. The number of ether oxygens (including phenoxy) is 1. The highest BCUT2D eigenvalue weighted by atomic mass is 79.9. The summed E-state index contributed by atoms with van der Waals surface area (Å²) in [5.74, 6) is -0.216. The van der Waals surface area contributed by atoms with Gasteiger partial charge in [0.05, 0.1) is 12.8 Å². The van der Waals surface area contributed by atoms with Crippen molar-refractivity contribution in [3.05, 3.63) is 46.4 Å². The van der Waals surface area contributed by atoms with Gasteiger partial charge in [0.2, 0.25) is 0 Å². The molecule has 5 nitrogen and oxygen atoms in total. The van der Waals surface area contributed by atoms with Crippen LogP contribution in [0.5, 0.6) is 17.2 Å². The number of carbonyl (C=O) groups is 1. The summed E-state index contributed by atoms with van der Waals surface area (Å²) in [7, 11) is 1.53. The van der Waals surface area contributed by atoms with E-state index in [1.165, 1.54) is 19.2 Å². The first kappa shape index (κ1) is 14.2. The molecule has 0 atom stereocenters. The lowest BCUT2D eigenvalue weighted by Gasteiger charge is -2.10. The molecule has 0 aliphatic rings. The van der Waals surface area contributed by atoms with Gasteiger partial charge in [-0.2, -0.15) is 0 Å². The Kier molecular flexibility index (Phi) is 4.14. The van der Waals surface area contributed by atoms with Gasteiger partial charge in [0.1, 0.15) is 17.2 Å². The number of halogens is 1. The number of aromatic hydroxyl groups is 2. The molecule has 0 aromatic heterocycles. The van der Waals surface area contributed by atoms with Crippen LogP contribution in [0.2, 0.25) is 0 Å². The molecule has 0 heterocycles. The minimum Gasteiger partial charge on any atom is -0.508 e. The molecule has 1 amide bonds. The molecule has 0 aliphatic heterocycles. The van der Waals surface area contributed by atoms with Crippen LogP contribution < -0.4 is 10.1 Å². The highest BCUT2D eigenvalue weighted by molar-refractivity contribution is 9.10. The average Bonchev–Trinajstić information content (AvgIpc) is 2.40. The third-order valence-corrected chi connectivity index (χ3v) is 3.28. The molecule has 0 saturated heterocycles. The zero-order valence-corrected chi connectivity index (χ0v) is 12.1. The van der Waals surface area contributed by atoms with Crippen LogP contribution in [0.4, 0.5) is 5.69 Å². The Balaban J connectivity index is 2.27. The molecule has 0 bridgehead atoms. The van der Waals surface area contributed by atoms with E-state index in [4.69, 9.17) is 4.74 Å². The van der Waals surface area contributed by atoms with Gasteiger partial charge < -0.3 is 20.3 Å². The number of nitrogens with one attached hydrogen (secondary N) is 1. The maximum absolute atomic E-state index is 12.1. The molecular weight excluding hydrogens is 326 g/mol. The van der Waals surface area contributed by atoms with E-state index >= 15 is 0 Å². The zero-order valence-electron chi connectivity index (χ0n) is 10.6. The number of hydrogen-bond donors (Lipinski definition) is 3. The molecule has 0 spiro atoms. The predicted octanol–water partition coefficient (Wildman–Crippen LogP) is 3.12. The number of amides is 1. The number of rotatable bonds is 3. The summed E-state index contributed by atoms with van der Waals surface area (Å²) in [6.45, 7) is 0. The highest BCUT2D eigenvalue weighted by Crippen LogP contribution is 2.28. The van der Waals surface area contributed by atoms with E-state index < -0.39 is 5.91 Å². The quantitative estimate of drug-likeness (QED) is 0.803. The molecule has 0 unspecified atom stereocenters. The van der Waals surface area contributed by atoms with Crippen molar-refractivity contribution in [2.75, 3.05) is 12.4 Å². The van der Waals surface area contributed by atoms with E-state index in [1.807, 2.05) is 0 Å². The van der Waals surface area contributed by atoms with Gasteiger partial charge in [-0.15, -0.1) is 0 Å². The largest absolute Gasteiger partial charge is 0.508 e. The summed E-state index contributed by atoms with van der Waals surface area (Å²) < 4.78 is 5.77. The number of hydrogen-bond acceptors (Lipinski definition) is 4. The van der Waals surface area contributed by atoms with Crippen LogP contribution in [-0.2, 0) is 0 Å². The summed E-state index contributed by atoms with van der Waals surface area (Å²) in [5, 5.41) is 21.4. The lowest BCUT2D eigenvalue weighted by Crippen LogP contribution is -2.12. The van der Waals surface area contributed by atoms with E-state index in [0.29, 0.717) is 15.9 Å². The fraction of sp³-hybridized carbons (Fsp3) is 0.0714. The molecule has 20 heavy (non-hydrogen) atoms. The molecule has 6 heteroatoms. The van der Waals surface area contributed by atoms with Gasteiger partial charge in [0.15, 0.2) is 0 Å². The number of anilines is 1. The summed E-state index contributed by atoms with van der Waals surface area (Å²) in [6.07, 6.45) is 0. The second kappa shape index (κ2) is 5.83. The minimum atomic E-state index is -0.454. The van der Waals surface area contributed by atoms with Crippen LogP contribution in [0.1, 0.15) is 10.4 Å². The molecule has 3 N–H and O–H groups in total. The SMILES string of the molecule is COc1ccc(Br)c(NC(=O)c2cc(O)cc(O)c2)c1. The molecule has 0 aliphatic carbocycles. The van der Waals surface area contributed by atoms with Gasteiger partial charge in [-0.05, 0) is 40.2 Å². The molecule has 0 saturated carbocycles. The summed E-state index contributed by atoms with van der Waals surface area (Å²) in [6, 6.07) is 8.84. The van der Waals surface area contributed by atoms with E-state index in [9.17, 15) is 15.0 Å². The topological polar surface area (TPSA) is 78.8 Å². The van der Waals surface area contributed by atoms with Crippen molar-refractivity contribution in [3.8, 4) is 17.2 Å². The highest BCUT2D eigenvalue weighted by Gasteiger charge is 2.11. The molecule has 104 valence electrons. The average molecular weight is 338 g/mol. The minimum absolute atomic E-state index is 0.150. The van der Waals surface area contributed by atoms with Crippen LogP contribution >= 0.6 is 15.9 Å². The number of benzene rings is 2. The monoisotopic (exact) mass is 337 g/mol. The van der Waals surface area contributed by atoms with Crippen molar-refractivity contribution >= 4 is 27.5 Å². The van der Waals surface area contributed by atoms with Crippen molar-refractivity contribution in [3.63, 3.8) is 0 Å². The normalized spacial score (nSPS) is 10.1. The fourth-order valence-corrected chi connectivity index (χ4v) is 1.99. The first-order chi connectivity index (χ1) is 9.49. The Labute approximate surface area is 123 Å². The Hall–Kier alpha value is -2.21. The van der Waals surface area contributed by atoms with Crippen LogP contribution in [0.25, 0.3) is 0 Å². The maximum Gasteiger partial charge on any atom is 0.255 e. The third kappa shape index (κ3) is 3.21. The molecule has 2 aromatic rings. The van der Waals surface area contributed by atoms with E-state index in [0.717, 1.165) is 6.07 Å². The summed E-state index contributed by atoms with van der Waals surface area (Å²) >= 11 is 3.32. The van der Waals surface area contributed by atoms with Gasteiger partial charge in [0, 0.05) is 22.2 Å². The number of phenolic OH excluding ortho intramolecular Hbond substituents is 2. The van der Waals surface area contributed by atoms with Gasteiger partial charge in [-0.3, -0.25) is 4.79 Å². The fourth-order valence-electron chi connectivity index (χ4n) is 1.65. The predicted molar refractivity (Wildman–Crippen MR) is 78.4 cm³/mol. The van der Waals surface area contributed by atoms with Crippen LogP contribution in [0, 0.1) is 0 Å². The van der Waals surface area contributed by atoms with Gasteiger partial charge in [-0.25, -0.2) is 0 Å². The van der Waals surface area contributed by atoms with Gasteiger partial charge >= 0.3 is 0 Å². The Morgan fingerprint density at radius 2 is 1.80 bits per heavy atom. The smallest absolute Gasteiger partial charge is 0.255 e. The van der Waals surface area contributed by atoms with Crippen molar-refractivity contribution < 1.29 is 19.7 Å². The second-order valence-electron chi connectivity index (χ2n) is 4.04. The lowest BCUT2D eigenvalue weighted by molar-refractivity contribution is 0.102. The first-order valence-electron chi connectivity index (χ1n) is 5.67. The zero-order chi connectivity index (χ0) is 14.7. The molecular formula is C14H12BrNO4. The van der Waals surface area contributed by atoms with E-state index in [1.54, 1.807) is 18.2 Å². The maximum atomic E-state index is 12.1. The lowest BCUT2D eigenvalue weighted by atomic mass is 10.2. The summed E-state index contributed by atoms with van der Waals surface area (Å²) in [4.78, 5) is 12.1. The van der Waals surface area contributed by atoms with Crippen molar-refractivity contribution in [1.29, 1.82) is 0 Å². The Bertz CT molecular complexity index is 637. The van der Waals surface area contributed by atoms with Crippen LogP contribution in [0.3, 0.4) is 0 Å². The molecule has 0 fully saturated rings. The van der Waals surface area contributed by atoms with Gasteiger partial charge in [-0.1, -0.05) is 0 Å². The first-order valence-corrected chi connectivity index (χ1v) is 6.47. The van der Waals surface area contributed by atoms with Crippen molar-refractivity contribution in [2.45, 2.75) is 0 Å². The Morgan fingerprint density at radius 1 is 1.15 bits per heavy atom. The number of carbonyl (C=O) groups excluding carboxylic acids is 1. The second-order valence-corrected chi connectivity index (χ2v) is 4.89. The van der Waals surface area contributed by atoms with Crippen molar-refractivity contribution in [1.82, 2.24) is 0 Å². The summed E-state index contributed by atoms with van der Waals surface area (Å²) in [5.41, 5.74) is 0.675. The van der Waals surface area contributed by atoms with E-state index in [-0.39, 0.29) is 17.1 Å². The van der Waals surface area contributed by atoms with Gasteiger partial charge in [0.25, 0.3) is 5.91 Å². The molecule has 2 rings (SSSR count). The third-order valence-electron chi connectivity index (χ3n) is 2.59. The van der Waals surface area contributed by atoms with Crippen molar-refractivity contribution in [2.24, 2.45) is 0 Å². The van der Waals surface area contributed by atoms with Crippen LogP contribution in [-0.4, -0.2) is 23.2 Å². The van der Waals surface area contributed by atoms with E-state index in [2.05, 4.69) is 21.2 Å². The Morgan fingerprint density at radius 3 is 2.40 bits per heavy atom. The molecule has 0 radical (unpaired) electrons. The number of methoxy groups -OCH3 is 1. The standard InChI is InChI=1S/C14H12BrNO4/c1-20-11-2-3-12(15)13(7-11)16-14(19)8-4-9(17)6-10(18)5-8/h2-7,17-18H,1H3,(H,16,19).